The molecule has 2 heterocycles. The summed E-state index contributed by atoms with van der Waals surface area (Å²) in [6.45, 7) is 2.57. The predicted molar refractivity (Wildman–Crippen MR) is 115 cm³/mol. The number of aromatic nitrogens is 2. The van der Waals surface area contributed by atoms with Gasteiger partial charge in [0.15, 0.2) is 16.3 Å². The minimum Gasteiger partial charge on any atom is -0.497 e. The van der Waals surface area contributed by atoms with Crippen LogP contribution in [0.3, 0.4) is 0 Å². The van der Waals surface area contributed by atoms with Crippen molar-refractivity contribution in [2.24, 2.45) is 0 Å². The van der Waals surface area contributed by atoms with Gasteiger partial charge in [0.1, 0.15) is 5.75 Å². The van der Waals surface area contributed by atoms with Gasteiger partial charge in [0.2, 0.25) is 0 Å². The fraction of sp³-hybridized carbons (Fsp3) is 0.318. The summed E-state index contributed by atoms with van der Waals surface area (Å²) in [5.74, 6) is 2.40. The average molecular weight is 412 g/mol. The first-order valence-electron chi connectivity index (χ1n) is 9.51. The monoisotopic (exact) mass is 411 g/mol. The van der Waals surface area contributed by atoms with Crippen molar-refractivity contribution in [1.29, 1.82) is 0 Å². The van der Waals surface area contributed by atoms with Crippen LogP contribution in [0.2, 0.25) is 0 Å². The van der Waals surface area contributed by atoms with Crippen molar-refractivity contribution in [3.8, 4) is 22.9 Å². The molecule has 4 rings (SSSR count). The first-order valence-corrected chi connectivity index (χ1v) is 9.92. The lowest BCUT2D eigenvalue weighted by molar-refractivity contribution is 0.198. The lowest BCUT2D eigenvalue weighted by Crippen LogP contribution is -2.32. The van der Waals surface area contributed by atoms with Crippen molar-refractivity contribution in [3.63, 3.8) is 0 Å². The van der Waals surface area contributed by atoms with Gasteiger partial charge in [-0.25, -0.2) is 0 Å². The van der Waals surface area contributed by atoms with Crippen LogP contribution in [0.25, 0.3) is 5.69 Å². The van der Waals surface area contributed by atoms with E-state index >= 15 is 0 Å². The summed E-state index contributed by atoms with van der Waals surface area (Å²) in [7, 11) is 5.01. The van der Waals surface area contributed by atoms with E-state index in [0.717, 1.165) is 53.9 Å². The second-order valence-electron chi connectivity index (χ2n) is 7.04. The first kappa shape index (κ1) is 19.5. The number of methoxy groups -OCH3 is 3. The van der Waals surface area contributed by atoms with E-state index in [9.17, 15) is 0 Å². The fourth-order valence-corrected chi connectivity index (χ4v) is 4.02. The van der Waals surface area contributed by atoms with Crippen molar-refractivity contribution in [3.05, 3.63) is 64.7 Å². The molecule has 0 aliphatic carbocycles. The molecule has 1 aliphatic rings. The molecule has 0 saturated heterocycles. The minimum absolute atomic E-state index is 0.746. The lowest BCUT2D eigenvalue weighted by atomic mass is 9.99. The van der Waals surface area contributed by atoms with Crippen LogP contribution in [0, 0.1) is 4.77 Å². The number of benzene rings is 2. The summed E-state index contributed by atoms with van der Waals surface area (Å²) >= 11 is 5.72. The highest BCUT2D eigenvalue weighted by Crippen LogP contribution is 2.33. The Morgan fingerprint density at radius 1 is 0.897 bits per heavy atom. The Labute approximate surface area is 175 Å². The maximum Gasteiger partial charge on any atom is 0.185 e. The van der Waals surface area contributed by atoms with Gasteiger partial charge in [-0.2, -0.15) is 0 Å². The van der Waals surface area contributed by atoms with E-state index in [1.807, 2.05) is 41.2 Å². The first-order chi connectivity index (χ1) is 14.1. The molecule has 3 aromatic rings. The maximum absolute atomic E-state index is 5.72. The molecule has 0 N–H and O–H groups in total. The molecule has 0 fully saturated rings. The Morgan fingerprint density at radius 3 is 2.24 bits per heavy atom. The molecule has 29 heavy (non-hydrogen) atoms. The van der Waals surface area contributed by atoms with E-state index in [1.54, 1.807) is 21.3 Å². The van der Waals surface area contributed by atoms with Gasteiger partial charge < -0.3 is 18.8 Å². The van der Waals surface area contributed by atoms with Crippen LogP contribution in [0.1, 0.15) is 11.1 Å². The number of nitrogens with zero attached hydrogens (tertiary/aromatic N) is 3. The zero-order chi connectivity index (χ0) is 20.4. The average Bonchev–Trinajstić information content (AvgIpc) is 3.12. The van der Waals surface area contributed by atoms with Gasteiger partial charge in [-0.1, -0.05) is 0 Å². The van der Waals surface area contributed by atoms with Gasteiger partial charge >= 0.3 is 0 Å². The molecular formula is C22H25N3O3S. The van der Waals surface area contributed by atoms with E-state index < -0.39 is 0 Å². The Balaban J connectivity index is 1.52. The predicted octanol–water partition coefficient (Wildman–Crippen LogP) is 4.05. The zero-order valence-electron chi connectivity index (χ0n) is 16.9. The molecule has 0 amide bonds. The molecule has 1 aromatic heterocycles. The van der Waals surface area contributed by atoms with Gasteiger partial charge in [-0.05, 0) is 66.2 Å². The molecule has 0 unspecified atom stereocenters. The van der Waals surface area contributed by atoms with Crippen LogP contribution in [0.5, 0.6) is 17.2 Å². The lowest BCUT2D eigenvalue weighted by Gasteiger charge is -2.29. The highest BCUT2D eigenvalue weighted by Gasteiger charge is 2.20. The highest BCUT2D eigenvalue weighted by molar-refractivity contribution is 7.71. The number of fused-ring (bicyclic) bond motifs is 1. The molecule has 0 radical (unpaired) electrons. The normalized spacial score (nSPS) is 13.8. The smallest absolute Gasteiger partial charge is 0.185 e. The van der Waals surface area contributed by atoms with Crippen LogP contribution in [0.4, 0.5) is 0 Å². The molecule has 1 aliphatic heterocycles. The summed E-state index contributed by atoms with van der Waals surface area (Å²) in [6.07, 6.45) is 5.02. The van der Waals surface area contributed by atoms with Gasteiger partial charge in [-0.3, -0.25) is 9.47 Å². The number of ether oxygens (including phenoxy) is 3. The quantitative estimate of drug-likeness (QED) is 0.573. The highest BCUT2D eigenvalue weighted by atomic mass is 32.1. The second kappa shape index (κ2) is 8.31. The van der Waals surface area contributed by atoms with Gasteiger partial charge in [0.25, 0.3) is 0 Å². The van der Waals surface area contributed by atoms with E-state index in [-0.39, 0.29) is 0 Å². The molecule has 7 heteroatoms. The topological polar surface area (TPSA) is 40.8 Å². The number of imidazole rings is 1. The molecule has 152 valence electrons. The number of hydrogen-bond donors (Lipinski definition) is 0. The van der Waals surface area contributed by atoms with E-state index in [4.69, 9.17) is 26.4 Å². The van der Waals surface area contributed by atoms with Crippen LogP contribution >= 0.6 is 12.2 Å². The zero-order valence-corrected chi connectivity index (χ0v) is 17.7. The molecule has 0 bridgehead atoms. The minimum atomic E-state index is 0.746. The van der Waals surface area contributed by atoms with Crippen molar-refractivity contribution >= 4 is 12.2 Å². The maximum atomic E-state index is 5.72. The number of rotatable bonds is 6. The molecule has 0 saturated carbocycles. The van der Waals surface area contributed by atoms with Crippen LogP contribution in [-0.2, 0) is 19.6 Å². The van der Waals surface area contributed by atoms with Crippen molar-refractivity contribution in [2.75, 3.05) is 27.9 Å². The summed E-state index contributed by atoms with van der Waals surface area (Å²) < 4.78 is 21.0. The Bertz CT molecular complexity index is 1060. The third-order valence-electron chi connectivity index (χ3n) is 5.35. The third-order valence-corrected chi connectivity index (χ3v) is 5.78. The summed E-state index contributed by atoms with van der Waals surface area (Å²) in [5.41, 5.74) is 3.61. The molecule has 6 nitrogen and oxygen atoms in total. The van der Waals surface area contributed by atoms with Crippen LogP contribution in [-0.4, -0.2) is 41.9 Å². The molecule has 2 aromatic carbocycles. The second-order valence-corrected chi connectivity index (χ2v) is 7.40. The Hall–Kier alpha value is -2.77. The largest absolute Gasteiger partial charge is 0.497 e. The van der Waals surface area contributed by atoms with Crippen LogP contribution < -0.4 is 14.2 Å². The molecule has 0 atom stereocenters. The van der Waals surface area contributed by atoms with Crippen molar-refractivity contribution in [1.82, 2.24) is 14.0 Å². The van der Waals surface area contributed by atoms with Gasteiger partial charge in [0, 0.05) is 31.2 Å². The summed E-state index contributed by atoms with van der Waals surface area (Å²) in [4.78, 5) is 2.39. The van der Waals surface area contributed by atoms with Crippen molar-refractivity contribution < 1.29 is 14.2 Å². The SMILES string of the molecule is COc1ccc(-n2ccn(CN3CCc4cc(OC)c(OC)cc4C3)c2=S)cc1. The Kier molecular flexibility index (Phi) is 5.60. The standard InChI is InChI=1S/C22H25N3O3S/c1-26-19-6-4-18(5-7-19)25-11-10-24(22(25)29)15-23-9-8-16-12-20(27-2)21(28-3)13-17(16)14-23/h4-7,10-13H,8-9,14-15H2,1-3H3. The third kappa shape index (κ3) is 3.88. The van der Waals surface area contributed by atoms with Gasteiger partial charge in [0.05, 0.1) is 28.0 Å². The summed E-state index contributed by atoms with van der Waals surface area (Å²) in [5, 5.41) is 0. The van der Waals surface area contributed by atoms with E-state index in [1.165, 1.54) is 11.1 Å². The fourth-order valence-electron chi connectivity index (χ4n) is 3.74. The van der Waals surface area contributed by atoms with E-state index in [0.29, 0.717) is 0 Å². The van der Waals surface area contributed by atoms with Gasteiger partial charge in [-0.15, -0.1) is 0 Å². The van der Waals surface area contributed by atoms with E-state index in [2.05, 4.69) is 21.6 Å². The molecular weight excluding hydrogens is 386 g/mol. The summed E-state index contributed by atoms with van der Waals surface area (Å²) in [6, 6.07) is 12.1. The van der Waals surface area contributed by atoms with Crippen molar-refractivity contribution in [2.45, 2.75) is 19.6 Å². The number of hydrogen-bond acceptors (Lipinski definition) is 5. The molecule has 0 spiro atoms. The van der Waals surface area contributed by atoms with Crippen LogP contribution in [0.15, 0.2) is 48.8 Å². The Morgan fingerprint density at radius 2 is 1.59 bits per heavy atom.